The summed E-state index contributed by atoms with van der Waals surface area (Å²) in [5, 5.41) is 2.34. The molecule has 0 aliphatic rings. The van der Waals surface area contributed by atoms with Gasteiger partial charge in [-0.2, -0.15) is 0 Å². The second kappa shape index (κ2) is 5.31. The van der Waals surface area contributed by atoms with Crippen LogP contribution in [-0.2, 0) is 6.54 Å². The van der Waals surface area contributed by atoms with Crippen molar-refractivity contribution in [2.45, 2.75) is 13.5 Å². The first-order valence-corrected chi connectivity index (χ1v) is 6.59. The smallest absolute Gasteiger partial charge is 0.223 e. The Morgan fingerprint density at radius 2 is 1.85 bits per heavy atom. The number of ether oxygens (including phenoxy) is 1. The van der Waals surface area contributed by atoms with E-state index in [0.717, 1.165) is 22.3 Å². The molecule has 0 fully saturated rings. The molecule has 0 bridgehead atoms. The number of fused-ring (bicyclic) bond motifs is 1. The van der Waals surface area contributed by atoms with E-state index < -0.39 is 0 Å². The highest BCUT2D eigenvalue weighted by Crippen LogP contribution is 2.27. The molecule has 0 saturated carbocycles. The highest BCUT2D eigenvalue weighted by Gasteiger charge is 2.08. The van der Waals surface area contributed by atoms with Gasteiger partial charge in [0.15, 0.2) is 0 Å². The number of hydrogen-bond acceptors (Lipinski definition) is 3. The number of aromatic nitrogens is 1. The molecule has 3 heteroatoms. The van der Waals surface area contributed by atoms with Crippen molar-refractivity contribution in [3.63, 3.8) is 0 Å². The standard InChI is InChI=1S/C17H16N2O/c1-12-8-9-19-17(16(12)11-18)20-15-7-6-13-4-2-3-5-14(13)10-15/h2-10H,11,18H2,1H3. The van der Waals surface area contributed by atoms with Crippen molar-refractivity contribution in [2.75, 3.05) is 0 Å². The molecule has 0 unspecified atom stereocenters. The van der Waals surface area contributed by atoms with E-state index in [9.17, 15) is 0 Å². The number of benzene rings is 2. The van der Waals surface area contributed by atoms with Gasteiger partial charge in [0.05, 0.1) is 0 Å². The number of rotatable bonds is 3. The van der Waals surface area contributed by atoms with Crippen LogP contribution in [0.5, 0.6) is 11.6 Å². The Bertz CT molecular complexity index is 753. The van der Waals surface area contributed by atoms with Gasteiger partial charge in [-0.3, -0.25) is 0 Å². The summed E-state index contributed by atoms with van der Waals surface area (Å²) in [6.07, 6.45) is 1.74. The van der Waals surface area contributed by atoms with Crippen LogP contribution in [0.4, 0.5) is 0 Å². The molecule has 0 amide bonds. The summed E-state index contributed by atoms with van der Waals surface area (Å²) in [5.74, 6) is 1.36. The monoisotopic (exact) mass is 264 g/mol. The zero-order chi connectivity index (χ0) is 13.9. The fourth-order valence-electron chi connectivity index (χ4n) is 2.24. The third-order valence-corrected chi connectivity index (χ3v) is 3.39. The van der Waals surface area contributed by atoms with Crippen LogP contribution in [0.25, 0.3) is 10.8 Å². The van der Waals surface area contributed by atoms with Crippen LogP contribution >= 0.6 is 0 Å². The average molecular weight is 264 g/mol. The number of pyridine rings is 1. The van der Waals surface area contributed by atoms with E-state index in [0.29, 0.717) is 12.4 Å². The predicted molar refractivity (Wildman–Crippen MR) is 80.9 cm³/mol. The molecular weight excluding hydrogens is 248 g/mol. The number of hydrogen-bond donors (Lipinski definition) is 1. The molecule has 0 radical (unpaired) electrons. The molecule has 3 nitrogen and oxygen atoms in total. The highest BCUT2D eigenvalue weighted by atomic mass is 16.5. The van der Waals surface area contributed by atoms with Crippen LogP contribution in [0.2, 0.25) is 0 Å². The summed E-state index contributed by atoms with van der Waals surface area (Å²) in [6.45, 7) is 2.43. The Balaban J connectivity index is 1.99. The first-order valence-electron chi connectivity index (χ1n) is 6.59. The first-order chi connectivity index (χ1) is 9.78. The first kappa shape index (κ1) is 12.6. The number of nitrogens with two attached hydrogens (primary N) is 1. The van der Waals surface area contributed by atoms with Crippen LogP contribution in [0.1, 0.15) is 11.1 Å². The van der Waals surface area contributed by atoms with Gasteiger partial charge in [0.1, 0.15) is 5.75 Å². The summed E-state index contributed by atoms with van der Waals surface area (Å²) < 4.78 is 5.90. The van der Waals surface area contributed by atoms with Crippen molar-refractivity contribution in [3.8, 4) is 11.6 Å². The summed E-state index contributed by atoms with van der Waals surface area (Å²) in [4.78, 5) is 4.28. The second-order valence-corrected chi connectivity index (χ2v) is 4.73. The fraction of sp³-hybridized carbons (Fsp3) is 0.118. The minimum atomic E-state index is 0.419. The third-order valence-electron chi connectivity index (χ3n) is 3.39. The zero-order valence-corrected chi connectivity index (χ0v) is 11.3. The van der Waals surface area contributed by atoms with Gasteiger partial charge in [-0.05, 0) is 41.5 Å². The highest BCUT2D eigenvalue weighted by molar-refractivity contribution is 5.83. The summed E-state index contributed by atoms with van der Waals surface area (Å²) in [6, 6.07) is 16.1. The van der Waals surface area contributed by atoms with Gasteiger partial charge >= 0.3 is 0 Å². The van der Waals surface area contributed by atoms with Crippen molar-refractivity contribution in [1.82, 2.24) is 4.98 Å². The molecule has 0 spiro atoms. The van der Waals surface area contributed by atoms with Crippen LogP contribution < -0.4 is 10.5 Å². The molecule has 100 valence electrons. The van der Waals surface area contributed by atoms with E-state index in [1.807, 2.05) is 43.3 Å². The molecule has 0 aliphatic carbocycles. The molecule has 1 heterocycles. The van der Waals surface area contributed by atoms with E-state index in [-0.39, 0.29) is 0 Å². The lowest BCUT2D eigenvalue weighted by atomic mass is 10.1. The SMILES string of the molecule is Cc1ccnc(Oc2ccc3ccccc3c2)c1CN. The van der Waals surface area contributed by atoms with E-state index >= 15 is 0 Å². The van der Waals surface area contributed by atoms with Crippen molar-refractivity contribution in [2.24, 2.45) is 5.73 Å². The van der Waals surface area contributed by atoms with Crippen molar-refractivity contribution in [3.05, 3.63) is 65.9 Å². The largest absolute Gasteiger partial charge is 0.439 e. The molecule has 3 aromatic rings. The lowest BCUT2D eigenvalue weighted by Crippen LogP contribution is -2.03. The maximum Gasteiger partial charge on any atom is 0.223 e. The predicted octanol–water partition coefficient (Wildman–Crippen LogP) is 3.79. The Labute approximate surface area is 118 Å². The van der Waals surface area contributed by atoms with Crippen molar-refractivity contribution in [1.29, 1.82) is 0 Å². The van der Waals surface area contributed by atoms with E-state index in [4.69, 9.17) is 10.5 Å². The average Bonchev–Trinajstić information content (AvgIpc) is 2.47. The second-order valence-electron chi connectivity index (χ2n) is 4.73. The Kier molecular flexibility index (Phi) is 3.35. The lowest BCUT2D eigenvalue weighted by molar-refractivity contribution is 0.456. The zero-order valence-electron chi connectivity index (χ0n) is 11.3. The van der Waals surface area contributed by atoms with Gasteiger partial charge in [-0.25, -0.2) is 4.98 Å². The van der Waals surface area contributed by atoms with E-state index in [1.165, 1.54) is 5.39 Å². The molecule has 3 rings (SSSR count). The van der Waals surface area contributed by atoms with Crippen molar-refractivity contribution >= 4 is 10.8 Å². The number of aryl methyl sites for hydroxylation is 1. The Hall–Kier alpha value is -2.39. The Morgan fingerprint density at radius 3 is 2.65 bits per heavy atom. The molecule has 1 aromatic heterocycles. The Morgan fingerprint density at radius 1 is 1.05 bits per heavy atom. The van der Waals surface area contributed by atoms with Crippen LogP contribution in [0.3, 0.4) is 0 Å². The van der Waals surface area contributed by atoms with Crippen LogP contribution in [-0.4, -0.2) is 4.98 Å². The van der Waals surface area contributed by atoms with E-state index in [2.05, 4.69) is 17.1 Å². The molecule has 2 aromatic carbocycles. The molecule has 0 aliphatic heterocycles. The lowest BCUT2D eigenvalue weighted by Gasteiger charge is -2.11. The quantitative estimate of drug-likeness (QED) is 0.782. The van der Waals surface area contributed by atoms with Gasteiger partial charge in [-0.15, -0.1) is 0 Å². The van der Waals surface area contributed by atoms with Gasteiger partial charge in [0.25, 0.3) is 0 Å². The van der Waals surface area contributed by atoms with Gasteiger partial charge in [0.2, 0.25) is 5.88 Å². The summed E-state index contributed by atoms with van der Waals surface area (Å²) in [5.41, 5.74) is 7.82. The van der Waals surface area contributed by atoms with Gasteiger partial charge < -0.3 is 10.5 Å². The molecule has 2 N–H and O–H groups in total. The maximum atomic E-state index is 5.90. The van der Waals surface area contributed by atoms with Crippen LogP contribution in [0.15, 0.2) is 54.7 Å². The molecule has 0 atom stereocenters. The maximum absolute atomic E-state index is 5.90. The summed E-state index contributed by atoms with van der Waals surface area (Å²) >= 11 is 0. The van der Waals surface area contributed by atoms with Gasteiger partial charge in [0, 0.05) is 18.3 Å². The fourth-order valence-corrected chi connectivity index (χ4v) is 2.24. The van der Waals surface area contributed by atoms with E-state index in [1.54, 1.807) is 6.20 Å². The topological polar surface area (TPSA) is 48.1 Å². The minimum Gasteiger partial charge on any atom is -0.439 e. The number of nitrogens with zero attached hydrogens (tertiary/aromatic N) is 1. The van der Waals surface area contributed by atoms with Crippen LogP contribution in [0, 0.1) is 6.92 Å². The normalized spacial score (nSPS) is 10.7. The molecular formula is C17H16N2O. The third kappa shape index (κ3) is 2.36. The molecule has 0 saturated heterocycles. The van der Waals surface area contributed by atoms with Crippen molar-refractivity contribution < 1.29 is 4.74 Å². The minimum absolute atomic E-state index is 0.419. The molecule has 20 heavy (non-hydrogen) atoms. The summed E-state index contributed by atoms with van der Waals surface area (Å²) in [7, 11) is 0. The van der Waals surface area contributed by atoms with Gasteiger partial charge in [-0.1, -0.05) is 30.3 Å².